The summed E-state index contributed by atoms with van der Waals surface area (Å²) in [5, 5.41) is 11.4. The Labute approximate surface area is 221 Å². The summed E-state index contributed by atoms with van der Waals surface area (Å²) in [5.74, 6) is 0.552. The number of aromatic nitrogens is 3. The molecule has 2 atom stereocenters. The molecule has 198 valence electrons. The molecule has 4 aromatic rings. The predicted octanol–water partition coefficient (Wildman–Crippen LogP) is 3.75. The predicted molar refractivity (Wildman–Crippen MR) is 142 cm³/mol. The Morgan fingerprint density at radius 3 is 2.68 bits per heavy atom. The molecule has 1 N–H and O–H groups in total. The van der Waals surface area contributed by atoms with E-state index in [9.17, 15) is 9.59 Å². The summed E-state index contributed by atoms with van der Waals surface area (Å²) in [5.41, 5.74) is 3.72. The molecule has 2 aromatic carbocycles. The molecule has 2 amide bonds. The second-order valence-corrected chi connectivity index (χ2v) is 9.73. The van der Waals surface area contributed by atoms with Crippen LogP contribution in [0.25, 0.3) is 11.0 Å². The standard InChI is InChI=1S/C29H33N5O4/c1-20-8-3-4-9-22(20)15-16-33(27(35)19-34-25-12-6-5-11-24(25)31-32-34)28(26-14-13-21(2)38-26)29(36)30-18-23-10-7-17-37-23/h3-6,8-9,11-14,23,28H,7,10,15-19H2,1-2H3,(H,30,36). The minimum absolute atomic E-state index is 0.0180. The number of hydrogen-bond acceptors (Lipinski definition) is 6. The monoisotopic (exact) mass is 515 g/mol. The second-order valence-electron chi connectivity index (χ2n) is 9.73. The molecule has 9 nitrogen and oxygen atoms in total. The van der Waals surface area contributed by atoms with Gasteiger partial charge in [0, 0.05) is 19.7 Å². The van der Waals surface area contributed by atoms with E-state index in [0.29, 0.717) is 43.2 Å². The van der Waals surface area contributed by atoms with Crippen molar-refractivity contribution in [3.63, 3.8) is 0 Å². The van der Waals surface area contributed by atoms with Crippen molar-refractivity contribution in [2.45, 2.75) is 51.8 Å². The van der Waals surface area contributed by atoms with Crippen molar-refractivity contribution in [1.82, 2.24) is 25.2 Å². The van der Waals surface area contributed by atoms with Crippen LogP contribution in [0.4, 0.5) is 0 Å². The Bertz CT molecular complexity index is 1400. The lowest BCUT2D eigenvalue weighted by Crippen LogP contribution is -2.47. The molecule has 3 heterocycles. The van der Waals surface area contributed by atoms with Crippen LogP contribution >= 0.6 is 0 Å². The molecule has 0 spiro atoms. The van der Waals surface area contributed by atoms with Crippen molar-refractivity contribution in [3.05, 3.63) is 83.3 Å². The van der Waals surface area contributed by atoms with Crippen LogP contribution in [0.15, 0.2) is 65.1 Å². The van der Waals surface area contributed by atoms with Gasteiger partial charge in [-0.1, -0.05) is 41.6 Å². The van der Waals surface area contributed by atoms with Crippen molar-refractivity contribution < 1.29 is 18.7 Å². The Kier molecular flexibility index (Phi) is 7.83. The van der Waals surface area contributed by atoms with Crippen LogP contribution in [0, 0.1) is 13.8 Å². The molecule has 9 heteroatoms. The highest BCUT2D eigenvalue weighted by Gasteiger charge is 2.34. The lowest BCUT2D eigenvalue weighted by atomic mass is 10.0. The van der Waals surface area contributed by atoms with Gasteiger partial charge in [0.2, 0.25) is 5.91 Å². The van der Waals surface area contributed by atoms with Crippen LogP contribution in [0.1, 0.15) is 41.5 Å². The first-order valence-corrected chi connectivity index (χ1v) is 13.1. The van der Waals surface area contributed by atoms with Crippen LogP contribution in [0.3, 0.4) is 0 Å². The van der Waals surface area contributed by atoms with Gasteiger partial charge >= 0.3 is 0 Å². The maximum absolute atomic E-state index is 13.9. The van der Waals surface area contributed by atoms with Crippen LogP contribution in [0.2, 0.25) is 0 Å². The number of amides is 2. The van der Waals surface area contributed by atoms with E-state index in [1.165, 1.54) is 0 Å². The second kappa shape index (κ2) is 11.6. The maximum atomic E-state index is 13.9. The Morgan fingerprint density at radius 1 is 1.11 bits per heavy atom. The molecule has 1 fully saturated rings. The number of aryl methyl sites for hydroxylation is 2. The number of rotatable bonds is 10. The number of para-hydroxylation sites is 1. The third-order valence-corrected chi connectivity index (χ3v) is 7.03. The van der Waals surface area contributed by atoms with Gasteiger partial charge in [0.1, 0.15) is 23.6 Å². The number of benzene rings is 2. The van der Waals surface area contributed by atoms with E-state index in [0.717, 1.165) is 29.5 Å². The van der Waals surface area contributed by atoms with Gasteiger partial charge in [-0.25, -0.2) is 4.68 Å². The highest BCUT2D eigenvalue weighted by molar-refractivity contribution is 5.88. The van der Waals surface area contributed by atoms with Gasteiger partial charge in [0.15, 0.2) is 6.04 Å². The summed E-state index contributed by atoms with van der Waals surface area (Å²) in [4.78, 5) is 29.2. The molecule has 0 aliphatic carbocycles. The topological polar surface area (TPSA) is 102 Å². The van der Waals surface area contributed by atoms with Gasteiger partial charge in [-0.2, -0.15) is 0 Å². The number of fused-ring (bicyclic) bond motifs is 1. The highest BCUT2D eigenvalue weighted by Crippen LogP contribution is 2.26. The first-order chi connectivity index (χ1) is 18.5. The van der Waals surface area contributed by atoms with E-state index in [1.54, 1.807) is 15.6 Å². The molecule has 2 aromatic heterocycles. The lowest BCUT2D eigenvalue weighted by molar-refractivity contribution is -0.142. The van der Waals surface area contributed by atoms with E-state index < -0.39 is 6.04 Å². The van der Waals surface area contributed by atoms with Crippen molar-refractivity contribution in [3.8, 4) is 0 Å². The Morgan fingerprint density at radius 2 is 1.92 bits per heavy atom. The molecule has 1 aliphatic heterocycles. The maximum Gasteiger partial charge on any atom is 0.250 e. The third-order valence-electron chi connectivity index (χ3n) is 7.03. The summed E-state index contributed by atoms with van der Waals surface area (Å²) >= 11 is 0. The van der Waals surface area contributed by atoms with Crippen LogP contribution in [0.5, 0.6) is 0 Å². The smallest absolute Gasteiger partial charge is 0.250 e. The Hall–Kier alpha value is -3.98. The zero-order valence-electron chi connectivity index (χ0n) is 21.8. The van der Waals surface area contributed by atoms with Gasteiger partial charge in [-0.3, -0.25) is 9.59 Å². The first-order valence-electron chi connectivity index (χ1n) is 13.1. The number of carbonyl (C=O) groups is 2. The van der Waals surface area contributed by atoms with E-state index in [1.807, 2.05) is 68.4 Å². The van der Waals surface area contributed by atoms with Crippen molar-refractivity contribution in [2.75, 3.05) is 19.7 Å². The van der Waals surface area contributed by atoms with E-state index in [-0.39, 0.29) is 24.5 Å². The lowest BCUT2D eigenvalue weighted by Gasteiger charge is -2.30. The number of carbonyl (C=O) groups excluding carboxylic acids is 2. The van der Waals surface area contributed by atoms with E-state index in [4.69, 9.17) is 9.15 Å². The summed E-state index contributed by atoms with van der Waals surface area (Å²) < 4.78 is 13.2. The summed E-state index contributed by atoms with van der Waals surface area (Å²) in [7, 11) is 0. The molecule has 0 radical (unpaired) electrons. The van der Waals surface area contributed by atoms with Gasteiger partial charge in [-0.05, 0) is 68.5 Å². The zero-order valence-corrected chi connectivity index (χ0v) is 21.8. The first kappa shape index (κ1) is 25.7. The van der Waals surface area contributed by atoms with Crippen LogP contribution in [-0.4, -0.2) is 57.5 Å². The van der Waals surface area contributed by atoms with Crippen molar-refractivity contribution in [1.29, 1.82) is 0 Å². The zero-order chi connectivity index (χ0) is 26.5. The number of nitrogens with zero attached hydrogens (tertiary/aromatic N) is 4. The summed E-state index contributed by atoms with van der Waals surface area (Å²) in [6, 6.07) is 18.2. The molecule has 38 heavy (non-hydrogen) atoms. The number of furan rings is 1. The fraction of sp³-hybridized carbons (Fsp3) is 0.379. The highest BCUT2D eigenvalue weighted by atomic mass is 16.5. The molecule has 1 aliphatic rings. The molecular formula is C29H33N5O4. The molecule has 2 unspecified atom stereocenters. The minimum atomic E-state index is -0.934. The van der Waals surface area contributed by atoms with E-state index >= 15 is 0 Å². The fourth-order valence-corrected chi connectivity index (χ4v) is 4.92. The normalized spacial score (nSPS) is 16.0. The van der Waals surface area contributed by atoms with E-state index in [2.05, 4.69) is 15.6 Å². The largest absolute Gasteiger partial charge is 0.464 e. The average molecular weight is 516 g/mol. The van der Waals surface area contributed by atoms with Crippen molar-refractivity contribution in [2.24, 2.45) is 0 Å². The van der Waals surface area contributed by atoms with Crippen LogP contribution in [-0.2, 0) is 27.3 Å². The van der Waals surface area contributed by atoms with Gasteiger partial charge < -0.3 is 19.4 Å². The molecule has 0 saturated carbocycles. The molecule has 5 rings (SSSR count). The molecule has 0 bridgehead atoms. The number of nitrogens with one attached hydrogen (secondary N) is 1. The number of hydrogen-bond donors (Lipinski definition) is 1. The van der Waals surface area contributed by atoms with Crippen LogP contribution < -0.4 is 5.32 Å². The van der Waals surface area contributed by atoms with Crippen molar-refractivity contribution >= 4 is 22.8 Å². The van der Waals surface area contributed by atoms with Gasteiger partial charge in [0.25, 0.3) is 5.91 Å². The number of ether oxygens (including phenoxy) is 1. The minimum Gasteiger partial charge on any atom is -0.464 e. The average Bonchev–Trinajstić information content (AvgIpc) is 3.68. The Balaban J connectivity index is 1.45. The van der Waals surface area contributed by atoms with Gasteiger partial charge in [-0.15, -0.1) is 5.10 Å². The molecular weight excluding hydrogens is 482 g/mol. The fourth-order valence-electron chi connectivity index (χ4n) is 4.92. The third kappa shape index (κ3) is 5.78. The quantitative estimate of drug-likeness (QED) is 0.345. The van der Waals surface area contributed by atoms with Gasteiger partial charge in [0.05, 0.1) is 11.6 Å². The summed E-state index contributed by atoms with van der Waals surface area (Å²) in [6.07, 6.45) is 2.45. The molecule has 1 saturated heterocycles. The SMILES string of the molecule is Cc1ccc(C(C(=O)NCC2CCCO2)N(CCc2ccccc2C)C(=O)Cn2nnc3ccccc32)o1. The summed E-state index contributed by atoms with van der Waals surface area (Å²) in [6.45, 7) is 5.24.